The Bertz CT molecular complexity index is 1260. The molecule has 10 nitrogen and oxygen atoms in total. The molecule has 1 fully saturated rings. The van der Waals surface area contributed by atoms with Gasteiger partial charge >= 0.3 is 11.9 Å². The van der Waals surface area contributed by atoms with E-state index in [1.54, 1.807) is 0 Å². The summed E-state index contributed by atoms with van der Waals surface area (Å²) in [5.41, 5.74) is 0. The van der Waals surface area contributed by atoms with Gasteiger partial charge in [-0.3, -0.25) is 9.59 Å². The zero-order valence-corrected chi connectivity index (χ0v) is 33.1. The van der Waals surface area contributed by atoms with Crippen LogP contribution in [-0.4, -0.2) is 89.0 Å². The maximum atomic E-state index is 12.7. The van der Waals surface area contributed by atoms with E-state index in [9.17, 15) is 30.0 Å². The number of hydrogen-bond donors (Lipinski definition) is 4. The van der Waals surface area contributed by atoms with E-state index in [0.29, 0.717) is 12.8 Å². The second-order valence-corrected chi connectivity index (χ2v) is 13.2. The van der Waals surface area contributed by atoms with Gasteiger partial charge in [-0.1, -0.05) is 149 Å². The minimum atomic E-state index is -1.61. The Morgan fingerprint density at radius 1 is 0.564 bits per heavy atom. The van der Waals surface area contributed by atoms with Crippen LogP contribution in [0.4, 0.5) is 0 Å². The number of carbonyl (C=O) groups is 2. The molecule has 55 heavy (non-hydrogen) atoms. The number of esters is 2. The average molecular weight is 769 g/mol. The molecule has 0 spiro atoms. The van der Waals surface area contributed by atoms with Crippen LogP contribution in [0, 0.1) is 0 Å². The zero-order valence-electron chi connectivity index (χ0n) is 33.1. The van der Waals surface area contributed by atoms with Gasteiger partial charge in [-0.05, 0) is 51.4 Å². The SMILES string of the molecule is CC/C=C/C=C/C=C/C=C/C=C/C=C/CCCCCC(=O)OCC(CO[C@H]1O[C@@H](CO)[C@@H](O)C(O)C1O)OC(=O)CCCCCCC/C=C/C=C/C=C/CC. The molecule has 3 unspecified atom stereocenters. The van der Waals surface area contributed by atoms with Crippen molar-refractivity contribution in [3.63, 3.8) is 0 Å². The van der Waals surface area contributed by atoms with Gasteiger partial charge in [-0.25, -0.2) is 0 Å². The van der Waals surface area contributed by atoms with E-state index in [-0.39, 0.29) is 26.1 Å². The number of allylic oxidation sites excluding steroid dienone is 18. The standard InChI is InChI=1S/C45H68O10/c1-3-5-7-9-11-13-15-17-18-19-20-22-23-25-27-29-31-33-40(47)52-36-38(37-53-45-44(51)43(50)42(49)39(35-46)55-45)54-41(48)34-32-30-28-26-24-21-16-14-12-10-8-6-4-2/h5-20,22-23,38-39,42-46,49-51H,3-4,21,24-37H2,1-2H3/b7-5+,8-6+,11-9+,12-10+,15-13+,16-14+,18-17+,20-19+,23-22+/t38?,39-,42+,43?,44?,45-/m0/s1. The van der Waals surface area contributed by atoms with Crippen LogP contribution in [-0.2, 0) is 28.5 Å². The van der Waals surface area contributed by atoms with Crippen LogP contribution in [0.5, 0.6) is 0 Å². The smallest absolute Gasteiger partial charge is 0.306 e. The molecule has 0 radical (unpaired) electrons. The molecule has 1 rings (SSSR count). The predicted octanol–water partition coefficient (Wildman–Crippen LogP) is 7.76. The van der Waals surface area contributed by atoms with Crippen molar-refractivity contribution in [3.8, 4) is 0 Å². The second-order valence-electron chi connectivity index (χ2n) is 13.2. The molecular weight excluding hydrogens is 700 g/mol. The molecule has 0 amide bonds. The topological polar surface area (TPSA) is 152 Å². The van der Waals surface area contributed by atoms with E-state index in [1.807, 2.05) is 79.0 Å². The van der Waals surface area contributed by atoms with Gasteiger partial charge in [-0.15, -0.1) is 0 Å². The number of unbranched alkanes of at least 4 members (excludes halogenated alkanes) is 8. The Morgan fingerprint density at radius 3 is 1.55 bits per heavy atom. The van der Waals surface area contributed by atoms with Gasteiger partial charge in [0.2, 0.25) is 0 Å². The highest BCUT2D eigenvalue weighted by molar-refractivity contribution is 5.70. The molecule has 1 heterocycles. The van der Waals surface area contributed by atoms with Crippen molar-refractivity contribution >= 4 is 11.9 Å². The maximum Gasteiger partial charge on any atom is 0.306 e. The monoisotopic (exact) mass is 768 g/mol. The molecule has 10 heteroatoms. The normalized spacial score (nSPS) is 21.7. The third kappa shape index (κ3) is 26.7. The van der Waals surface area contributed by atoms with Crippen LogP contribution in [0.2, 0.25) is 0 Å². The maximum absolute atomic E-state index is 12.7. The van der Waals surface area contributed by atoms with E-state index in [1.165, 1.54) is 0 Å². The Labute approximate surface area is 330 Å². The zero-order chi connectivity index (χ0) is 40.2. The summed E-state index contributed by atoms with van der Waals surface area (Å²) in [6.45, 7) is 3.03. The largest absolute Gasteiger partial charge is 0.462 e. The quantitative estimate of drug-likeness (QED) is 0.0324. The molecular formula is C45H68O10. The van der Waals surface area contributed by atoms with Gasteiger partial charge < -0.3 is 39.4 Å². The first-order chi connectivity index (χ1) is 26.8. The van der Waals surface area contributed by atoms with Crippen molar-refractivity contribution in [2.24, 2.45) is 0 Å². The molecule has 0 aliphatic carbocycles. The highest BCUT2D eigenvalue weighted by Gasteiger charge is 2.44. The first-order valence-corrected chi connectivity index (χ1v) is 20.1. The summed E-state index contributed by atoms with van der Waals surface area (Å²) >= 11 is 0. The molecule has 1 aliphatic heterocycles. The Morgan fingerprint density at radius 2 is 1.02 bits per heavy atom. The number of aliphatic hydroxyl groups excluding tert-OH is 4. The second kappa shape index (κ2) is 34.8. The summed E-state index contributed by atoms with van der Waals surface area (Å²) < 4.78 is 22.0. The van der Waals surface area contributed by atoms with E-state index in [0.717, 1.165) is 64.2 Å². The Balaban J connectivity index is 2.45. The summed E-state index contributed by atoms with van der Waals surface area (Å²) in [7, 11) is 0. The van der Waals surface area contributed by atoms with E-state index < -0.39 is 55.4 Å². The van der Waals surface area contributed by atoms with Crippen LogP contribution in [0.3, 0.4) is 0 Å². The molecule has 0 aromatic rings. The van der Waals surface area contributed by atoms with Gasteiger partial charge in [0.1, 0.15) is 31.0 Å². The fraction of sp³-hybridized carbons (Fsp3) is 0.556. The number of hydrogen-bond acceptors (Lipinski definition) is 10. The third-order valence-corrected chi connectivity index (χ3v) is 8.38. The number of ether oxygens (including phenoxy) is 4. The Kier molecular flexibility index (Phi) is 31.3. The lowest BCUT2D eigenvalue weighted by Crippen LogP contribution is -2.59. The van der Waals surface area contributed by atoms with Crippen molar-refractivity contribution in [2.75, 3.05) is 19.8 Å². The van der Waals surface area contributed by atoms with Crippen LogP contribution < -0.4 is 0 Å². The van der Waals surface area contributed by atoms with Gasteiger partial charge in [-0.2, -0.15) is 0 Å². The molecule has 6 atom stereocenters. The highest BCUT2D eigenvalue weighted by atomic mass is 16.7. The van der Waals surface area contributed by atoms with Crippen molar-refractivity contribution in [3.05, 3.63) is 109 Å². The predicted molar refractivity (Wildman–Crippen MR) is 219 cm³/mol. The molecule has 4 N–H and O–H groups in total. The van der Waals surface area contributed by atoms with Gasteiger partial charge in [0.15, 0.2) is 12.4 Å². The van der Waals surface area contributed by atoms with Crippen LogP contribution in [0.1, 0.15) is 104 Å². The number of aliphatic hydroxyl groups is 4. The van der Waals surface area contributed by atoms with Gasteiger partial charge in [0, 0.05) is 12.8 Å². The molecule has 0 aromatic heterocycles. The molecule has 0 aromatic carbocycles. The van der Waals surface area contributed by atoms with Crippen LogP contribution in [0.15, 0.2) is 109 Å². The lowest BCUT2D eigenvalue weighted by molar-refractivity contribution is -0.305. The van der Waals surface area contributed by atoms with Gasteiger partial charge in [0.25, 0.3) is 0 Å². The van der Waals surface area contributed by atoms with Crippen molar-refractivity contribution in [1.29, 1.82) is 0 Å². The van der Waals surface area contributed by atoms with Crippen LogP contribution in [0.25, 0.3) is 0 Å². The van der Waals surface area contributed by atoms with Gasteiger partial charge in [0.05, 0.1) is 13.2 Å². The molecule has 1 saturated heterocycles. The summed E-state index contributed by atoms with van der Waals surface area (Å²) in [6, 6.07) is 0. The summed E-state index contributed by atoms with van der Waals surface area (Å²) in [4.78, 5) is 25.2. The van der Waals surface area contributed by atoms with Crippen molar-refractivity contribution < 1.29 is 49.0 Å². The molecule has 0 saturated carbocycles. The van der Waals surface area contributed by atoms with E-state index >= 15 is 0 Å². The van der Waals surface area contributed by atoms with Crippen molar-refractivity contribution in [1.82, 2.24) is 0 Å². The molecule has 0 bridgehead atoms. The fourth-order valence-electron chi connectivity index (χ4n) is 5.22. The first-order valence-electron chi connectivity index (χ1n) is 20.1. The molecule has 1 aliphatic rings. The minimum Gasteiger partial charge on any atom is -0.462 e. The summed E-state index contributed by atoms with van der Waals surface area (Å²) in [6.07, 6.45) is 39.5. The summed E-state index contributed by atoms with van der Waals surface area (Å²) in [5, 5.41) is 40.0. The van der Waals surface area contributed by atoms with Crippen LogP contribution >= 0.6 is 0 Å². The van der Waals surface area contributed by atoms with E-state index in [4.69, 9.17) is 18.9 Å². The molecule has 308 valence electrons. The number of rotatable bonds is 30. The fourth-order valence-corrected chi connectivity index (χ4v) is 5.22. The Hall–Kier alpha value is -3.64. The highest BCUT2D eigenvalue weighted by Crippen LogP contribution is 2.22. The minimum absolute atomic E-state index is 0.188. The average Bonchev–Trinajstić information content (AvgIpc) is 3.18. The van der Waals surface area contributed by atoms with E-state index in [2.05, 4.69) is 44.2 Å². The van der Waals surface area contributed by atoms with Crippen molar-refractivity contribution in [2.45, 2.75) is 141 Å². The number of carbonyl (C=O) groups excluding carboxylic acids is 2. The lowest BCUT2D eigenvalue weighted by atomic mass is 9.99. The third-order valence-electron chi connectivity index (χ3n) is 8.38. The first kappa shape index (κ1) is 49.4. The summed E-state index contributed by atoms with van der Waals surface area (Å²) in [5.74, 6) is -0.898. The lowest BCUT2D eigenvalue weighted by Gasteiger charge is -2.39.